The molecule has 2 unspecified atom stereocenters. The molecule has 14 nitrogen and oxygen atoms in total. The molecule has 1 aromatic rings. The minimum absolute atomic E-state index is 0.221. The number of aliphatic hydroxyl groups excluding tert-OH is 1. The third-order valence-corrected chi connectivity index (χ3v) is 10.3. The molecule has 2 aliphatic heterocycles. The van der Waals surface area contributed by atoms with Crippen LogP contribution < -0.4 is 0 Å². The zero-order valence-corrected chi connectivity index (χ0v) is 31.0. The molecule has 2 bridgehead atoms. The van der Waals surface area contributed by atoms with Crippen LogP contribution in [0.1, 0.15) is 116 Å². The summed E-state index contributed by atoms with van der Waals surface area (Å²) in [7, 11) is 0. The molecule has 8 atom stereocenters. The van der Waals surface area contributed by atoms with Crippen molar-refractivity contribution >= 4 is 29.8 Å². The quantitative estimate of drug-likeness (QED) is 0.0536. The third kappa shape index (κ3) is 10.0. The average molecular weight is 749 g/mol. The summed E-state index contributed by atoms with van der Waals surface area (Å²) >= 11 is 0. The van der Waals surface area contributed by atoms with Crippen LogP contribution in [0.25, 0.3) is 0 Å². The van der Waals surface area contributed by atoms with Crippen LogP contribution in [-0.2, 0) is 49.3 Å². The van der Waals surface area contributed by atoms with Crippen molar-refractivity contribution in [2.24, 2.45) is 5.92 Å². The van der Waals surface area contributed by atoms with Gasteiger partial charge in [-0.25, -0.2) is 14.4 Å². The molecular formula is C39H56O14. The first-order valence-electron chi connectivity index (χ1n) is 18.6. The van der Waals surface area contributed by atoms with Crippen LogP contribution in [0.15, 0.2) is 42.5 Å². The monoisotopic (exact) mass is 748 g/mol. The maximum Gasteiger partial charge on any atom is 0.344 e. The fraction of sp³-hybridized carbons (Fsp3) is 0.667. The molecule has 0 aliphatic carbocycles. The van der Waals surface area contributed by atoms with Crippen LogP contribution in [0.2, 0.25) is 0 Å². The lowest BCUT2D eigenvalue weighted by molar-refractivity contribution is -0.374. The Balaban J connectivity index is 1.81. The number of fused-ring (bicyclic) bond motifs is 2. The number of rotatable bonds is 24. The molecule has 53 heavy (non-hydrogen) atoms. The number of carboxylic acid groups (broad SMARTS) is 3. The second kappa shape index (κ2) is 19.5. The van der Waals surface area contributed by atoms with Gasteiger partial charge in [0.2, 0.25) is 23.1 Å². The van der Waals surface area contributed by atoms with Gasteiger partial charge >= 0.3 is 29.8 Å². The molecule has 0 radical (unpaired) electrons. The van der Waals surface area contributed by atoms with Crippen LogP contribution in [0.4, 0.5) is 0 Å². The standard InChI is InChI=1S/C39H56O14/c1-5-6-7-8-9-10-11-12-13-14-18-21-29(41)51-32-31(42)37(52-33(34(43)44)38(49,35(45)46)39(32,53-37)36(47)48)23-22-25(2)30(50-27(4)40)26(3)24-28-19-16-15-17-20-28/h15-17,19-20,26,30-33,42,49H,2,5-14,18,21-24H2,1,3-4H3,(H,43,44)(H,45,46)(H,47,48)/t26?,30?,31-,32-,33-,37-,38-,39-/m1/s1. The fourth-order valence-corrected chi connectivity index (χ4v) is 7.43. The summed E-state index contributed by atoms with van der Waals surface area (Å²) in [6.07, 6.45) is 2.13. The van der Waals surface area contributed by atoms with Crippen molar-refractivity contribution in [2.75, 3.05) is 0 Å². The number of aliphatic hydroxyl groups is 2. The molecule has 2 saturated heterocycles. The number of esters is 2. The molecule has 2 aliphatic rings. The van der Waals surface area contributed by atoms with Gasteiger partial charge in [-0.3, -0.25) is 9.59 Å². The van der Waals surface area contributed by atoms with Crippen molar-refractivity contribution in [3.8, 4) is 0 Å². The van der Waals surface area contributed by atoms with Crippen molar-refractivity contribution < 1.29 is 68.5 Å². The van der Waals surface area contributed by atoms with Crippen molar-refractivity contribution in [3.05, 3.63) is 48.0 Å². The predicted octanol–water partition coefficient (Wildman–Crippen LogP) is 4.96. The number of ether oxygens (including phenoxy) is 4. The Morgan fingerprint density at radius 1 is 0.868 bits per heavy atom. The minimum Gasteiger partial charge on any atom is -0.479 e. The molecule has 2 heterocycles. The highest BCUT2D eigenvalue weighted by Gasteiger charge is 2.85. The zero-order chi connectivity index (χ0) is 39.4. The van der Waals surface area contributed by atoms with Gasteiger partial charge < -0.3 is 44.5 Å². The second-order valence-corrected chi connectivity index (χ2v) is 14.4. The number of carbonyl (C=O) groups excluding carboxylic acids is 2. The molecule has 14 heteroatoms. The number of carbonyl (C=O) groups is 5. The molecule has 296 valence electrons. The Kier molecular flexibility index (Phi) is 16.0. The van der Waals surface area contributed by atoms with Gasteiger partial charge in [-0.2, -0.15) is 0 Å². The number of unbranched alkanes of at least 4 members (excludes halogenated alkanes) is 10. The summed E-state index contributed by atoms with van der Waals surface area (Å²) < 4.78 is 22.2. The Hall–Kier alpha value is -3.85. The minimum atomic E-state index is -3.87. The first-order valence-corrected chi connectivity index (χ1v) is 18.6. The summed E-state index contributed by atoms with van der Waals surface area (Å²) in [5.41, 5.74) is -6.17. The van der Waals surface area contributed by atoms with E-state index in [-0.39, 0.29) is 24.3 Å². The number of hydrogen-bond donors (Lipinski definition) is 5. The molecular weight excluding hydrogens is 692 g/mol. The molecule has 0 saturated carbocycles. The summed E-state index contributed by atoms with van der Waals surface area (Å²) in [5, 5.41) is 53.8. The van der Waals surface area contributed by atoms with Gasteiger partial charge in [0.05, 0.1) is 0 Å². The smallest absolute Gasteiger partial charge is 0.344 e. The fourth-order valence-electron chi connectivity index (χ4n) is 7.43. The summed E-state index contributed by atoms with van der Waals surface area (Å²) in [4.78, 5) is 63.2. The van der Waals surface area contributed by atoms with Crippen LogP contribution >= 0.6 is 0 Å². The highest BCUT2D eigenvalue weighted by molar-refractivity contribution is 5.98. The Morgan fingerprint density at radius 3 is 1.94 bits per heavy atom. The van der Waals surface area contributed by atoms with E-state index in [1.54, 1.807) is 0 Å². The first-order chi connectivity index (χ1) is 25.1. The van der Waals surface area contributed by atoms with Gasteiger partial charge in [0.15, 0.2) is 6.10 Å². The summed E-state index contributed by atoms with van der Waals surface area (Å²) in [6, 6.07) is 9.33. The lowest BCUT2D eigenvalue weighted by Gasteiger charge is -2.48. The Morgan fingerprint density at radius 2 is 1.43 bits per heavy atom. The van der Waals surface area contributed by atoms with E-state index >= 15 is 0 Å². The lowest BCUT2D eigenvalue weighted by atomic mass is 9.74. The van der Waals surface area contributed by atoms with Crippen LogP contribution in [0.3, 0.4) is 0 Å². The van der Waals surface area contributed by atoms with E-state index in [4.69, 9.17) is 18.9 Å². The maximum absolute atomic E-state index is 13.1. The highest BCUT2D eigenvalue weighted by atomic mass is 16.8. The van der Waals surface area contributed by atoms with Gasteiger partial charge in [0, 0.05) is 25.7 Å². The maximum atomic E-state index is 13.1. The van der Waals surface area contributed by atoms with Gasteiger partial charge in [-0.15, -0.1) is 0 Å². The second-order valence-electron chi connectivity index (χ2n) is 14.4. The van der Waals surface area contributed by atoms with Crippen LogP contribution in [0, 0.1) is 5.92 Å². The Bertz CT molecular complexity index is 1430. The van der Waals surface area contributed by atoms with E-state index < -0.39 is 77.7 Å². The first kappa shape index (κ1) is 43.6. The van der Waals surface area contributed by atoms with Gasteiger partial charge in [-0.05, 0) is 30.4 Å². The van der Waals surface area contributed by atoms with Crippen molar-refractivity contribution in [1.82, 2.24) is 0 Å². The number of carboxylic acids is 3. The van der Waals surface area contributed by atoms with Crippen molar-refractivity contribution in [1.29, 1.82) is 0 Å². The van der Waals surface area contributed by atoms with Gasteiger partial charge in [0.1, 0.15) is 12.2 Å². The van der Waals surface area contributed by atoms with E-state index in [0.29, 0.717) is 19.3 Å². The normalized spacial score (nSPS) is 27.4. The Labute approximate surface area is 310 Å². The molecule has 0 spiro atoms. The van der Waals surface area contributed by atoms with E-state index in [1.165, 1.54) is 39.0 Å². The van der Waals surface area contributed by atoms with Crippen LogP contribution in [-0.4, -0.2) is 96.8 Å². The van der Waals surface area contributed by atoms with E-state index in [2.05, 4.69) is 13.5 Å². The van der Waals surface area contributed by atoms with E-state index in [0.717, 1.165) is 31.2 Å². The number of aliphatic carboxylic acids is 3. The topological polar surface area (TPSA) is 223 Å². The van der Waals surface area contributed by atoms with Crippen molar-refractivity contribution in [2.45, 2.75) is 158 Å². The molecule has 5 N–H and O–H groups in total. The summed E-state index contributed by atoms with van der Waals surface area (Å²) in [6.45, 7) is 9.24. The number of hydrogen-bond acceptors (Lipinski definition) is 11. The predicted molar refractivity (Wildman–Crippen MR) is 189 cm³/mol. The number of benzene rings is 1. The molecule has 0 amide bonds. The third-order valence-electron chi connectivity index (χ3n) is 10.3. The molecule has 1 aromatic carbocycles. The van der Waals surface area contributed by atoms with Crippen molar-refractivity contribution in [3.63, 3.8) is 0 Å². The molecule has 2 fully saturated rings. The average Bonchev–Trinajstić information content (AvgIpc) is 3.32. The highest BCUT2D eigenvalue weighted by Crippen LogP contribution is 2.56. The largest absolute Gasteiger partial charge is 0.479 e. The lowest BCUT2D eigenvalue weighted by Crippen LogP contribution is -2.78. The van der Waals surface area contributed by atoms with Crippen LogP contribution in [0.5, 0.6) is 0 Å². The SMILES string of the molecule is C=C(CC[C@@]12O[C@H](C(=O)O)[C@@](O)(C(=O)O)[C@@](C(=O)O)(O1)[C@H](OC(=O)CCCCCCCCCCCCC)[C@H]2O)C(OC(C)=O)C(C)Cc1ccccc1. The van der Waals surface area contributed by atoms with Gasteiger partial charge in [0.25, 0.3) is 0 Å². The van der Waals surface area contributed by atoms with E-state index in [9.17, 15) is 49.5 Å². The van der Waals surface area contributed by atoms with Gasteiger partial charge in [-0.1, -0.05) is 115 Å². The molecule has 0 aromatic heterocycles. The van der Waals surface area contributed by atoms with E-state index in [1.807, 2.05) is 37.3 Å². The zero-order valence-electron chi connectivity index (χ0n) is 31.0. The molecule has 3 rings (SSSR count). The summed E-state index contributed by atoms with van der Waals surface area (Å²) in [5.74, 6) is -11.2.